The van der Waals surface area contributed by atoms with Gasteiger partial charge in [-0.3, -0.25) is 9.29 Å². The van der Waals surface area contributed by atoms with Crippen molar-refractivity contribution in [3.8, 4) is 6.07 Å². The van der Waals surface area contributed by atoms with E-state index >= 15 is 0 Å². The van der Waals surface area contributed by atoms with Crippen LogP contribution in [0.15, 0.2) is 65.7 Å². The van der Waals surface area contributed by atoms with Crippen molar-refractivity contribution < 1.29 is 14.6 Å². The van der Waals surface area contributed by atoms with Crippen LogP contribution in [0, 0.1) is 18.3 Å². The Morgan fingerprint density at radius 1 is 1.06 bits per heavy atom. The molecule has 0 saturated carbocycles. The number of nitrogens with zero attached hydrogens (tertiary/aromatic N) is 4. The molecule has 3 heterocycles. The fourth-order valence-corrected chi connectivity index (χ4v) is 4.72. The van der Waals surface area contributed by atoms with Crippen LogP contribution in [0.3, 0.4) is 0 Å². The molecule has 0 radical (unpaired) electrons. The van der Waals surface area contributed by atoms with E-state index in [1.165, 1.54) is 7.11 Å². The zero-order valence-corrected chi connectivity index (χ0v) is 17.8. The number of carbonyl (C=O) groups excluding carboxylic acids is 1. The number of hydrogen-bond donors (Lipinski definition) is 0. The third-order valence-electron chi connectivity index (χ3n) is 6.07. The van der Waals surface area contributed by atoms with Crippen LogP contribution < -0.4 is 0 Å². The lowest BCUT2D eigenvalue weighted by atomic mass is 9.92. The summed E-state index contributed by atoms with van der Waals surface area (Å²) in [5, 5.41) is 12.1. The van der Waals surface area contributed by atoms with Gasteiger partial charge < -0.3 is 0 Å². The first-order valence-corrected chi connectivity index (χ1v) is 10.3. The normalized spacial score (nSPS) is 12.3. The molecule has 0 unspecified atom stereocenters. The summed E-state index contributed by atoms with van der Waals surface area (Å²) in [5.41, 5.74) is 5.76. The third-order valence-corrected chi connectivity index (χ3v) is 6.07. The van der Waals surface area contributed by atoms with Crippen LogP contribution in [-0.4, -0.2) is 28.2 Å². The van der Waals surface area contributed by atoms with Gasteiger partial charge in [0, 0.05) is 16.5 Å². The molecule has 7 heteroatoms. The van der Waals surface area contributed by atoms with E-state index in [1.54, 1.807) is 4.40 Å². The Kier molecular flexibility index (Phi) is 4.06. The summed E-state index contributed by atoms with van der Waals surface area (Å²) >= 11 is 0. The number of pyridine rings is 1. The van der Waals surface area contributed by atoms with Crippen LogP contribution in [-0.2, 0) is 9.78 Å². The number of para-hydroxylation sites is 2. The molecule has 158 valence electrons. The Bertz CT molecular complexity index is 1720. The molecule has 7 nitrogen and oxygen atoms in total. The van der Waals surface area contributed by atoms with Gasteiger partial charge in [-0.1, -0.05) is 42.5 Å². The summed E-state index contributed by atoms with van der Waals surface area (Å²) < 4.78 is 1.67. The molecule has 0 fully saturated rings. The topological polar surface area (TPSA) is 89.0 Å². The number of fused-ring (bicyclic) bond motifs is 3. The maximum Gasteiger partial charge on any atom is 0.390 e. The number of nitriles is 1. The van der Waals surface area contributed by atoms with Gasteiger partial charge in [0.2, 0.25) is 0 Å². The van der Waals surface area contributed by atoms with Gasteiger partial charge in [-0.15, -0.1) is 0 Å². The molecule has 0 aliphatic carbocycles. The third kappa shape index (κ3) is 2.56. The largest absolute Gasteiger partial charge is 0.390 e. The number of rotatable bonds is 3. The van der Waals surface area contributed by atoms with Crippen molar-refractivity contribution in [2.45, 2.75) is 6.92 Å². The van der Waals surface area contributed by atoms with E-state index in [2.05, 4.69) is 11.1 Å². The van der Waals surface area contributed by atoms with E-state index in [0.717, 1.165) is 22.0 Å². The molecule has 0 bridgehead atoms. The van der Waals surface area contributed by atoms with Crippen molar-refractivity contribution in [3.63, 3.8) is 0 Å². The first-order chi connectivity index (χ1) is 16.1. The summed E-state index contributed by atoms with van der Waals surface area (Å²) in [4.78, 5) is 32.6. The van der Waals surface area contributed by atoms with E-state index in [1.807, 2.05) is 67.6 Å². The fraction of sp³-hybridized carbons (Fsp3) is 0.0769. The van der Waals surface area contributed by atoms with Crippen molar-refractivity contribution in [1.29, 1.82) is 5.26 Å². The Balaban J connectivity index is 1.81. The Hall–Kier alpha value is -4.54. The van der Waals surface area contributed by atoms with Gasteiger partial charge in [0.15, 0.2) is 5.65 Å². The Morgan fingerprint density at radius 2 is 1.85 bits per heavy atom. The van der Waals surface area contributed by atoms with Gasteiger partial charge in [0.25, 0.3) is 0 Å². The highest BCUT2D eigenvalue weighted by Gasteiger charge is 2.32. The molecule has 0 atom stereocenters. The van der Waals surface area contributed by atoms with E-state index in [-0.39, 0.29) is 5.69 Å². The average Bonchev–Trinajstić information content (AvgIpc) is 3.39. The zero-order valence-electron chi connectivity index (χ0n) is 17.8. The number of aliphatic imine (C=N–C) groups is 1. The van der Waals surface area contributed by atoms with Crippen molar-refractivity contribution in [2.24, 2.45) is 4.99 Å². The number of imidazole rings is 1. The number of aromatic nitrogens is 2. The molecule has 0 saturated heterocycles. The monoisotopic (exact) mass is 432 g/mol. The van der Waals surface area contributed by atoms with Crippen LogP contribution >= 0.6 is 0 Å². The molecular weight excluding hydrogens is 416 g/mol. The van der Waals surface area contributed by atoms with Crippen molar-refractivity contribution in [2.75, 3.05) is 7.11 Å². The summed E-state index contributed by atoms with van der Waals surface area (Å²) in [6, 6.07) is 21.6. The zero-order chi connectivity index (χ0) is 22.7. The number of carbonyl (C=O) groups is 1. The van der Waals surface area contributed by atoms with E-state index in [0.29, 0.717) is 39.1 Å². The number of hydrogen-bond acceptors (Lipinski definition) is 6. The average molecular weight is 432 g/mol. The van der Waals surface area contributed by atoms with Crippen LogP contribution in [0.5, 0.6) is 0 Å². The van der Waals surface area contributed by atoms with Gasteiger partial charge in [-0.2, -0.15) is 10.1 Å². The van der Waals surface area contributed by atoms with Gasteiger partial charge >= 0.3 is 5.97 Å². The molecule has 5 aromatic rings. The predicted molar refractivity (Wildman–Crippen MR) is 124 cm³/mol. The first kappa shape index (κ1) is 19.2. The Labute approximate surface area is 188 Å². The van der Waals surface area contributed by atoms with Gasteiger partial charge in [0.05, 0.1) is 35.1 Å². The summed E-state index contributed by atoms with van der Waals surface area (Å²) in [6.07, 6.45) is 0. The standard InChI is InChI=1S/C26H16N4O3/c1-14-17(13-27)25-29-18-10-3-4-12-20(18)30(25)24(26(31)33-32-2)21(14)23-16-9-5-7-15-8-6-11-19(28-23)22(15)16/h3-12H,1-2H3. The molecule has 2 aromatic heterocycles. The first-order valence-electron chi connectivity index (χ1n) is 10.3. The van der Waals surface area contributed by atoms with Gasteiger partial charge in [-0.05, 0) is 36.1 Å². The lowest BCUT2D eigenvalue weighted by molar-refractivity contribution is -0.216. The molecule has 33 heavy (non-hydrogen) atoms. The maximum atomic E-state index is 13.3. The van der Waals surface area contributed by atoms with Gasteiger partial charge in [-0.25, -0.2) is 14.8 Å². The summed E-state index contributed by atoms with van der Waals surface area (Å²) in [7, 11) is 1.28. The van der Waals surface area contributed by atoms with Crippen LogP contribution in [0.1, 0.15) is 32.7 Å². The quantitative estimate of drug-likeness (QED) is 0.289. The second-order valence-corrected chi connectivity index (χ2v) is 7.77. The lowest BCUT2D eigenvalue weighted by Crippen LogP contribution is -2.20. The van der Waals surface area contributed by atoms with E-state index in [9.17, 15) is 10.1 Å². The minimum atomic E-state index is -0.695. The van der Waals surface area contributed by atoms with Crippen LogP contribution in [0.4, 0.5) is 5.69 Å². The van der Waals surface area contributed by atoms with Crippen LogP contribution in [0.2, 0.25) is 0 Å². The van der Waals surface area contributed by atoms with Crippen molar-refractivity contribution in [3.05, 3.63) is 88.6 Å². The Morgan fingerprint density at radius 3 is 2.64 bits per heavy atom. The molecule has 1 aliphatic rings. The minimum absolute atomic E-state index is 0.209. The summed E-state index contributed by atoms with van der Waals surface area (Å²) in [5.74, 6) is -0.695. The van der Waals surface area contributed by atoms with Crippen LogP contribution in [0.25, 0.3) is 27.5 Å². The molecule has 1 aliphatic heterocycles. The van der Waals surface area contributed by atoms with Crippen molar-refractivity contribution in [1.82, 2.24) is 9.38 Å². The van der Waals surface area contributed by atoms with E-state index < -0.39 is 5.97 Å². The molecule has 0 N–H and O–H groups in total. The molecular formula is C26H16N4O3. The molecule has 3 aromatic carbocycles. The molecule has 0 amide bonds. The SMILES string of the molecule is COOC(=O)c1c(C2=Nc3cccc4cccc2c34)c(C)c(C#N)c2nc3ccccc3n12. The van der Waals surface area contributed by atoms with Crippen molar-refractivity contribution >= 4 is 44.8 Å². The predicted octanol–water partition coefficient (Wildman–Crippen LogP) is 5.02. The fourth-order valence-electron chi connectivity index (χ4n) is 4.72. The molecule has 0 spiro atoms. The highest BCUT2D eigenvalue weighted by molar-refractivity contribution is 6.29. The maximum absolute atomic E-state index is 13.3. The lowest BCUT2D eigenvalue weighted by Gasteiger charge is -2.16. The van der Waals surface area contributed by atoms with Gasteiger partial charge in [0.1, 0.15) is 11.8 Å². The number of benzene rings is 3. The van der Waals surface area contributed by atoms with E-state index in [4.69, 9.17) is 14.8 Å². The second-order valence-electron chi connectivity index (χ2n) is 7.77. The highest BCUT2D eigenvalue weighted by atomic mass is 17.2. The summed E-state index contributed by atoms with van der Waals surface area (Å²) in [6.45, 7) is 1.81. The smallest absolute Gasteiger partial charge is 0.291 e. The highest BCUT2D eigenvalue weighted by Crippen LogP contribution is 2.39. The molecule has 6 rings (SSSR count). The second kappa shape index (κ2) is 6.99. The minimum Gasteiger partial charge on any atom is -0.291 e.